The number of halogens is 1. The number of amides is 1. The fourth-order valence-electron chi connectivity index (χ4n) is 3.66. The van der Waals surface area contributed by atoms with Gasteiger partial charge in [0, 0.05) is 35.5 Å². The second-order valence-corrected chi connectivity index (χ2v) is 10.9. The molecule has 1 aliphatic heterocycles. The smallest absolute Gasteiger partial charge is 0.264 e. The monoisotopic (exact) mass is 468 g/mol. The van der Waals surface area contributed by atoms with Crippen LogP contribution in [0.5, 0.6) is 0 Å². The Morgan fingerprint density at radius 1 is 1.04 bits per heavy atom. The topological polar surface area (TPSA) is 57.7 Å². The van der Waals surface area contributed by atoms with Gasteiger partial charge in [-0.1, -0.05) is 22.0 Å². The minimum Gasteiger partial charge on any atom is -0.335 e. The number of nitrogens with zero attached hydrogens (tertiary/aromatic N) is 2. The molecule has 2 aromatic rings. The molecule has 1 aromatic carbocycles. The van der Waals surface area contributed by atoms with Crippen LogP contribution in [0, 0.1) is 0 Å². The summed E-state index contributed by atoms with van der Waals surface area (Å²) in [4.78, 5) is 17.1. The van der Waals surface area contributed by atoms with Crippen molar-refractivity contribution in [3.8, 4) is 0 Å². The van der Waals surface area contributed by atoms with Gasteiger partial charge in [0.2, 0.25) is 10.0 Å². The fourth-order valence-corrected chi connectivity index (χ4v) is 6.90. The van der Waals surface area contributed by atoms with Crippen molar-refractivity contribution < 1.29 is 13.2 Å². The van der Waals surface area contributed by atoms with E-state index in [1.807, 2.05) is 6.07 Å². The molecule has 0 atom stereocenters. The molecule has 0 bridgehead atoms. The molecule has 1 amide bonds. The molecule has 0 radical (unpaired) electrons. The minimum atomic E-state index is -3.53. The van der Waals surface area contributed by atoms with Crippen LogP contribution in [0.2, 0.25) is 0 Å². The number of thiophene rings is 1. The highest BCUT2D eigenvalue weighted by molar-refractivity contribution is 9.10. The van der Waals surface area contributed by atoms with Crippen molar-refractivity contribution in [3.63, 3.8) is 0 Å². The van der Waals surface area contributed by atoms with Crippen LogP contribution in [-0.2, 0) is 22.9 Å². The highest BCUT2D eigenvalue weighted by Gasteiger charge is 2.31. The molecule has 27 heavy (non-hydrogen) atoms. The van der Waals surface area contributed by atoms with Crippen LogP contribution >= 0.6 is 27.3 Å². The molecular formula is C19H21BrN2O3S2. The first-order valence-corrected chi connectivity index (χ1v) is 12.2. The molecule has 0 unspecified atom stereocenters. The molecule has 1 aromatic heterocycles. The van der Waals surface area contributed by atoms with Gasteiger partial charge in [-0.15, -0.1) is 11.3 Å². The molecule has 1 saturated heterocycles. The highest BCUT2D eigenvalue weighted by atomic mass is 79.9. The summed E-state index contributed by atoms with van der Waals surface area (Å²) >= 11 is 4.94. The molecular weight excluding hydrogens is 448 g/mol. The Labute approximate surface area is 172 Å². The zero-order valence-corrected chi connectivity index (χ0v) is 18.1. The molecule has 8 heteroatoms. The van der Waals surface area contributed by atoms with E-state index in [-0.39, 0.29) is 10.8 Å². The Balaban J connectivity index is 1.44. The van der Waals surface area contributed by atoms with Crippen molar-refractivity contribution in [3.05, 3.63) is 50.1 Å². The van der Waals surface area contributed by atoms with E-state index in [0.29, 0.717) is 26.2 Å². The van der Waals surface area contributed by atoms with Crippen molar-refractivity contribution in [2.75, 3.05) is 26.2 Å². The molecule has 0 N–H and O–H groups in total. The van der Waals surface area contributed by atoms with Gasteiger partial charge in [0.05, 0.1) is 9.77 Å². The average molecular weight is 469 g/mol. The average Bonchev–Trinajstić information content (AvgIpc) is 3.12. The van der Waals surface area contributed by atoms with Gasteiger partial charge in [0.1, 0.15) is 0 Å². The van der Waals surface area contributed by atoms with Crippen LogP contribution in [0.25, 0.3) is 0 Å². The number of aryl methyl sites for hydroxylation is 2. The third-order valence-corrected chi connectivity index (χ3v) is 8.78. The van der Waals surface area contributed by atoms with E-state index in [0.717, 1.165) is 22.2 Å². The maximum absolute atomic E-state index is 12.9. The van der Waals surface area contributed by atoms with Crippen LogP contribution < -0.4 is 0 Å². The number of hydrogen-bond donors (Lipinski definition) is 0. The number of hydrogen-bond acceptors (Lipinski definition) is 4. The van der Waals surface area contributed by atoms with Crippen LogP contribution in [0.15, 0.2) is 39.7 Å². The zero-order chi connectivity index (χ0) is 19.0. The van der Waals surface area contributed by atoms with Crippen molar-refractivity contribution in [2.24, 2.45) is 0 Å². The Hall–Kier alpha value is -1.22. The maximum atomic E-state index is 12.9. The maximum Gasteiger partial charge on any atom is 0.264 e. The lowest BCUT2D eigenvalue weighted by atomic mass is 9.99. The lowest BCUT2D eigenvalue weighted by Crippen LogP contribution is -2.50. The van der Waals surface area contributed by atoms with Gasteiger partial charge >= 0.3 is 0 Å². The summed E-state index contributed by atoms with van der Waals surface area (Å²) in [5.74, 6) is 0.0360. The number of fused-ring (bicyclic) bond motifs is 1. The second-order valence-electron chi connectivity index (χ2n) is 6.92. The zero-order valence-electron chi connectivity index (χ0n) is 14.9. The van der Waals surface area contributed by atoms with E-state index >= 15 is 0 Å². The molecule has 5 nitrogen and oxygen atoms in total. The van der Waals surface area contributed by atoms with Crippen molar-refractivity contribution in [1.29, 1.82) is 0 Å². The summed E-state index contributed by atoms with van der Waals surface area (Å²) in [6, 6.07) is 8.79. The Morgan fingerprint density at radius 2 is 1.78 bits per heavy atom. The number of carbonyl (C=O) groups excluding carboxylic acids is 1. The van der Waals surface area contributed by atoms with E-state index in [9.17, 15) is 13.2 Å². The van der Waals surface area contributed by atoms with Gasteiger partial charge in [-0.05, 0) is 55.5 Å². The molecule has 144 valence electrons. The number of carbonyl (C=O) groups is 1. The molecule has 4 rings (SSSR count). The van der Waals surface area contributed by atoms with Gasteiger partial charge in [-0.2, -0.15) is 4.31 Å². The highest BCUT2D eigenvalue weighted by Crippen LogP contribution is 2.30. The molecule has 1 fully saturated rings. The summed E-state index contributed by atoms with van der Waals surface area (Å²) in [6.07, 6.45) is 4.54. The number of rotatable bonds is 3. The lowest BCUT2D eigenvalue weighted by Gasteiger charge is -2.33. The minimum absolute atomic E-state index is 0.0360. The third kappa shape index (κ3) is 3.85. The summed E-state index contributed by atoms with van der Waals surface area (Å²) in [7, 11) is -3.53. The van der Waals surface area contributed by atoms with E-state index < -0.39 is 10.0 Å². The van der Waals surface area contributed by atoms with Crippen LogP contribution in [-0.4, -0.2) is 49.7 Å². The number of sulfonamides is 1. The molecule has 1 aliphatic carbocycles. The first kappa shape index (κ1) is 19.1. The quantitative estimate of drug-likeness (QED) is 0.691. The summed E-state index contributed by atoms with van der Waals surface area (Å²) in [6.45, 7) is 1.50. The van der Waals surface area contributed by atoms with Gasteiger partial charge in [-0.3, -0.25) is 4.79 Å². The van der Waals surface area contributed by atoms with Gasteiger partial charge in [0.15, 0.2) is 0 Å². The summed E-state index contributed by atoms with van der Waals surface area (Å²) in [5.41, 5.74) is 1.32. The van der Waals surface area contributed by atoms with E-state index in [4.69, 9.17) is 0 Å². The van der Waals surface area contributed by atoms with E-state index in [2.05, 4.69) is 15.9 Å². The van der Waals surface area contributed by atoms with Gasteiger partial charge in [0.25, 0.3) is 5.91 Å². The second kappa shape index (κ2) is 7.66. The van der Waals surface area contributed by atoms with Crippen LogP contribution in [0.3, 0.4) is 0 Å². The molecule has 2 aliphatic rings. The largest absolute Gasteiger partial charge is 0.335 e. The Kier molecular flexibility index (Phi) is 5.42. The summed E-state index contributed by atoms with van der Waals surface area (Å²) < 4.78 is 27.9. The lowest BCUT2D eigenvalue weighted by molar-refractivity contribution is 0.0702. The Bertz CT molecular complexity index is 940. The normalized spacial score (nSPS) is 18.3. The van der Waals surface area contributed by atoms with E-state index in [1.54, 1.807) is 40.5 Å². The van der Waals surface area contributed by atoms with Gasteiger partial charge < -0.3 is 4.90 Å². The van der Waals surface area contributed by atoms with Gasteiger partial charge in [-0.25, -0.2) is 8.42 Å². The number of piperazine rings is 1. The summed E-state index contributed by atoms with van der Waals surface area (Å²) in [5, 5.41) is 0. The van der Waals surface area contributed by atoms with Crippen LogP contribution in [0.1, 0.15) is 33.0 Å². The predicted molar refractivity (Wildman–Crippen MR) is 110 cm³/mol. The molecule has 0 spiro atoms. The van der Waals surface area contributed by atoms with Crippen molar-refractivity contribution in [1.82, 2.24) is 9.21 Å². The fraction of sp³-hybridized carbons (Fsp3) is 0.421. The molecule has 2 heterocycles. The van der Waals surface area contributed by atoms with Crippen LogP contribution in [0.4, 0.5) is 0 Å². The van der Waals surface area contributed by atoms with Crippen molar-refractivity contribution in [2.45, 2.75) is 30.6 Å². The van der Waals surface area contributed by atoms with Crippen molar-refractivity contribution >= 4 is 43.2 Å². The predicted octanol–water partition coefficient (Wildman–Crippen LogP) is 3.54. The third-order valence-electron chi connectivity index (χ3n) is 5.17. The Morgan fingerprint density at radius 3 is 2.48 bits per heavy atom. The molecule has 0 saturated carbocycles. The first-order chi connectivity index (χ1) is 12.9. The van der Waals surface area contributed by atoms with E-state index in [1.165, 1.54) is 27.6 Å². The standard InChI is InChI=1S/C19H21BrN2O3S2/c20-15-5-3-6-16(13-15)27(24,25)22-10-8-21(9-11-22)19(23)18-12-14-4-1-2-7-17(14)26-18/h3,5-6,12-13H,1-2,4,7-11H2. The first-order valence-electron chi connectivity index (χ1n) is 9.12. The number of benzene rings is 1. The SMILES string of the molecule is O=C(c1cc2c(s1)CCCC2)N1CCN(S(=O)(=O)c2cccc(Br)c2)CC1.